The second kappa shape index (κ2) is 8.81. The zero-order chi connectivity index (χ0) is 17.5. The molecule has 3 nitrogen and oxygen atoms in total. The molecular weight excluding hydrogens is 314 g/mol. The van der Waals surface area contributed by atoms with Crippen LogP contribution < -0.4 is 5.32 Å². The lowest BCUT2D eigenvalue weighted by molar-refractivity contribution is 0.328. The summed E-state index contributed by atoms with van der Waals surface area (Å²) in [5, 5.41) is 4.21. The van der Waals surface area contributed by atoms with Gasteiger partial charge >= 0.3 is 0 Å². The van der Waals surface area contributed by atoms with Crippen molar-refractivity contribution in [2.45, 2.75) is 20.4 Å². The van der Waals surface area contributed by atoms with Crippen LogP contribution in [0.25, 0.3) is 0 Å². The molecule has 0 bridgehead atoms. The van der Waals surface area contributed by atoms with Gasteiger partial charge in [-0.2, -0.15) is 0 Å². The molecule has 0 heterocycles. The highest BCUT2D eigenvalue weighted by Crippen LogP contribution is 2.17. The minimum absolute atomic E-state index is 0.773. The van der Waals surface area contributed by atoms with Crippen LogP contribution in [0.3, 0.4) is 0 Å². The van der Waals surface area contributed by atoms with Gasteiger partial charge in [-0.25, -0.2) is 0 Å². The lowest BCUT2D eigenvalue weighted by atomic mass is 10.1. The topological polar surface area (TPSA) is 18.5 Å². The first kappa shape index (κ1) is 18.4. The predicted molar refractivity (Wildman–Crippen MR) is 108 cm³/mol. The van der Waals surface area contributed by atoms with E-state index >= 15 is 0 Å². The summed E-state index contributed by atoms with van der Waals surface area (Å²) in [7, 11) is 4.17. The maximum absolute atomic E-state index is 5.71. The van der Waals surface area contributed by atoms with Crippen LogP contribution in [0.2, 0.25) is 0 Å². The van der Waals surface area contributed by atoms with Gasteiger partial charge < -0.3 is 15.1 Å². The summed E-state index contributed by atoms with van der Waals surface area (Å²) in [5.74, 6) is 0. The molecule has 0 radical (unpaired) electrons. The second-order valence-corrected chi connectivity index (χ2v) is 6.85. The largest absolute Gasteiger partial charge is 0.343 e. The van der Waals surface area contributed by atoms with Gasteiger partial charge in [-0.05, 0) is 62.9 Å². The van der Waals surface area contributed by atoms with E-state index < -0.39 is 0 Å². The summed E-state index contributed by atoms with van der Waals surface area (Å²) in [6, 6.07) is 16.9. The molecule has 0 spiro atoms. The van der Waals surface area contributed by atoms with Crippen molar-refractivity contribution in [3.63, 3.8) is 0 Å². The molecule has 0 amide bonds. The number of anilines is 1. The number of nitrogens with one attached hydrogen (secondary N) is 1. The van der Waals surface area contributed by atoms with Crippen LogP contribution in [0.4, 0.5) is 5.69 Å². The fraction of sp³-hybridized carbons (Fsp3) is 0.350. The molecule has 24 heavy (non-hydrogen) atoms. The van der Waals surface area contributed by atoms with Crippen molar-refractivity contribution < 1.29 is 0 Å². The summed E-state index contributed by atoms with van der Waals surface area (Å²) < 4.78 is 0. The normalized spacial score (nSPS) is 10.7. The van der Waals surface area contributed by atoms with E-state index in [0.29, 0.717) is 0 Å². The average molecular weight is 342 g/mol. The van der Waals surface area contributed by atoms with Gasteiger partial charge in [0.2, 0.25) is 0 Å². The molecule has 2 rings (SSSR count). The lowest BCUT2D eigenvalue weighted by Gasteiger charge is -2.28. The monoisotopic (exact) mass is 341 g/mol. The van der Waals surface area contributed by atoms with Crippen molar-refractivity contribution in [1.29, 1.82) is 0 Å². The molecular formula is C20H27N3S. The van der Waals surface area contributed by atoms with Crippen molar-refractivity contribution in [3.05, 3.63) is 65.2 Å². The van der Waals surface area contributed by atoms with Crippen LogP contribution in [0.15, 0.2) is 48.5 Å². The Morgan fingerprint density at radius 3 is 2.38 bits per heavy atom. The fourth-order valence-corrected chi connectivity index (χ4v) is 2.71. The van der Waals surface area contributed by atoms with E-state index in [2.05, 4.69) is 85.5 Å². The van der Waals surface area contributed by atoms with E-state index in [4.69, 9.17) is 12.2 Å². The number of benzene rings is 2. The van der Waals surface area contributed by atoms with Gasteiger partial charge in [0.05, 0.1) is 0 Å². The van der Waals surface area contributed by atoms with Crippen molar-refractivity contribution in [2.24, 2.45) is 0 Å². The standard InChI is InChI=1S/C20H27N3S/c1-16-10-11-17(2)19(14-16)21-20(24)23(13-12-22(3)4)15-18-8-6-5-7-9-18/h5-11,14H,12-13,15H2,1-4H3,(H,21,24). The Labute approximate surface area is 151 Å². The average Bonchev–Trinajstić information content (AvgIpc) is 2.55. The summed E-state index contributed by atoms with van der Waals surface area (Å²) in [6.07, 6.45) is 0. The number of likely N-dealkylation sites (N-methyl/N-ethyl adjacent to an activating group) is 1. The zero-order valence-electron chi connectivity index (χ0n) is 15.0. The van der Waals surface area contributed by atoms with Gasteiger partial charge in [-0.15, -0.1) is 0 Å². The maximum atomic E-state index is 5.71. The van der Waals surface area contributed by atoms with Crippen LogP contribution in [0.1, 0.15) is 16.7 Å². The highest BCUT2D eigenvalue weighted by molar-refractivity contribution is 7.80. The molecule has 0 aliphatic carbocycles. The van der Waals surface area contributed by atoms with Crippen molar-refractivity contribution >= 4 is 23.0 Å². The Morgan fingerprint density at radius 1 is 1.00 bits per heavy atom. The number of hydrogen-bond donors (Lipinski definition) is 1. The molecule has 0 aliphatic heterocycles. The highest BCUT2D eigenvalue weighted by Gasteiger charge is 2.12. The molecule has 0 saturated heterocycles. The molecule has 2 aromatic carbocycles. The van der Waals surface area contributed by atoms with Gasteiger partial charge in [-0.1, -0.05) is 42.5 Å². The van der Waals surface area contributed by atoms with Gasteiger partial charge in [0, 0.05) is 25.3 Å². The molecule has 0 unspecified atom stereocenters. The number of hydrogen-bond acceptors (Lipinski definition) is 2. The Hall–Kier alpha value is -1.91. The van der Waals surface area contributed by atoms with E-state index in [1.165, 1.54) is 16.7 Å². The Kier molecular flexibility index (Phi) is 6.76. The molecule has 2 aromatic rings. The van der Waals surface area contributed by atoms with E-state index in [0.717, 1.165) is 30.4 Å². The molecule has 0 atom stereocenters. The quantitative estimate of drug-likeness (QED) is 0.798. The van der Waals surface area contributed by atoms with Gasteiger partial charge in [0.15, 0.2) is 5.11 Å². The first-order chi connectivity index (χ1) is 11.5. The van der Waals surface area contributed by atoms with Crippen LogP contribution in [-0.2, 0) is 6.54 Å². The summed E-state index contributed by atoms with van der Waals surface area (Å²) in [4.78, 5) is 4.41. The van der Waals surface area contributed by atoms with E-state index in [9.17, 15) is 0 Å². The van der Waals surface area contributed by atoms with Crippen molar-refractivity contribution in [3.8, 4) is 0 Å². The van der Waals surface area contributed by atoms with E-state index in [1.54, 1.807) is 0 Å². The summed E-state index contributed by atoms with van der Waals surface area (Å²) in [5.41, 5.74) is 4.79. The number of rotatable bonds is 6. The van der Waals surface area contributed by atoms with Crippen molar-refractivity contribution in [2.75, 3.05) is 32.5 Å². The molecule has 0 saturated carbocycles. The van der Waals surface area contributed by atoms with Crippen LogP contribution in [-0.4, -0.2) is 42.1 Å². The summed E-state index contributed by atoms with van der Waals surface area (Å²) >= 11 is 5.71. The predicted octanol–water partition coefficient (Wildman–Crippen LogP) is 4.06. The number of aryl methyl sites for hydroxylation is 2. The number of nitrogens with zero attached hydrogens (tertiary/aromatic N) is 2. The third-order valence-electron chi connectivity index (χ3n) is 3.96. The number of thiocarbonyl (C=S) groups is 1. The maximum Gasteiger partial charge on any atom is 0.173 e. The smallest absolute Gasteiger partial charge is 0.173 e. The Bertz CT molecular complexity index is 668. The van der Waals surface area contributed by atoms with Crippen LogP contribution in [0.5, 0.6) is 0 Å². The van der Waals surface area contributed by atoms with Gasteiger partial charge in [-0.3, -0.25) is 0 Å². The third kappa shape index (κ3) is 5.62. The fourth-order valence-electron chi connectivity index (χ4n) is 2.44. The SMILES string of the molecule is Cc1ccc(C)c(NC(=S)N(CCN(C)C)Cc2ccccc2)c1. The third-order valence-corrected chi connectivity index (χ3v) is 4.32. The lowest BCUT2D eigenvalue weighted by Crippen LogP contribution is -2.38. The van der Waals surface area contributed by atoms with E-state index in [1.807, 2.05) is 6.07 Å². The van der Waals surface area contributed by atoms with Crippen molar-refractivity contribution in [1.82, 2.24) is 9.80 Å². The van der Waals surface area contributed by atoms with E-state index in [-0.39, 0.29) is 0 Å². The first-order valence-corrected chi connectivity index (χ1v) is 8.68. The molecule has 0 fully saturated rings. The molecule has 1 N–H and O–H groups in total. The molecule has 0 aliphatic rings. The second-order valence-electron chi connectivity index (χ2n) is 6.46. The molecule has 128 valence electrons. The van der Waals surface area contributed by atoms with Gasteiger partial charge in [0.1, 0.15) is 0 Å². The molecule has 0 aromatic heterocycles. The minimum Gasteiger partial charge on any atom is -0.343 e. The Balaban J connectivity index is 2.12. The van der Waals surface area contributed by atoms with Crippen LogP contribution in [0, 0.1) is 13.8 Å². The zero-order valence-corrected chi connectivity index (χ0v) is 15.9. The van der Waals surface area contributed by atoms with Crippen LogP contribution >= 0.6 is 12.2 Å². The first-order valence-electron chi connectivity index (χ1n) is 8.27. The Morgan fingerprint density at radius 2 is 1.71 bits per heavy atom. The minimum atomic E-state index is 0.773. The molecule has 4 heteroatoms. The van der Waals surface area contributed by atoms with Gasteiger partial charge in [0.25, 0.3) is 0 Å². The highest BCUT2D eigenvalue weighted by atomic mass is 32.1. The summed E-state index contributed by atoms with van der Waals surface area (Å²) in [6.45, 7) is 6.86.